The van der Waals surface area contributed by atoms with Gasteiger partial charge in [-0.3, -0.25) is 4.79 Å². The number of aliphatic carboxylic acids is 1. The summed E-state index contributed by atoms with van der Waals surface area (Å²) < 4.78 is 53.4. The van der Waals surface area contributed by atoms with E-state index >= 15 is 0 Å². The first kappa shape index (κ1) is 31.7. The summed E-state index contributed by atoms with van der Waals surface area (Å²) in [4.78, 5) is 11.2. The van der Waals surface area contributed by atoms with E-state index in [1.165, 1.54) is 35.4 Å². The number of hydrogen-bond acceptors (Lipinski definition) is 8. The summed E-state index contributed by atoms with van der Waals surface area (Å²) in [5.74, 6) is 1.99. The molecule has 10 nitrogen and oxygen atoms in total. The molecule has 0 bridgehead atoms. The monoisotopic (exact) mass is 587 g/mol. The molecular formula is C30H37NO9S. The number of carboxylic acid groups (broad SMARTS) is 1. The first-order valence-corrected chi connectivity index (χ1v) is 14.4. The van der Waals surface area contributed by atoms with Gasteiger partial charge in [-0.25, -0.2) is 8.42 Å². The molecule has 0 aliphatic carbocycles. The number of carboxylic acids is 1. The summed E-state index contributed by atoms with van der Waals surface area (Å²) in [7, 11) is 4.41. The van der Waals surface area contributed by atoms with E-state index in [4.69, 9.17) is 18.9 Å². The Bertz CT molecular complexity index is 1440. The third kappa shape index (κ3) is 7.90. The van der Waals surface area contributed by atoms with Crippen LogP contribution in [0, 0.1) is 0 Å². The van der Waals surface area contributed by atoms with Gasteiger partial charge in [0, 0.05) is 18.4 Å². The Kier molecular flexibility index (Phi) is 10.6. The number of quaternary nitrogens is 1. The number of likely N-dealkylation sites (N-methyl/N-ethyl adjacent to an activating group) is 1. The predicted octanol–water partition coefficient (Wildman–Crippen LogP) is 4.07. The highest BCUT2D eigenvalue weighted by atomic mass is 32.2. The van der Waals surface area contributed by atoms with Crippen LogP contribution in [0.2, 0.25) is 0 Å². The Labute approximate surface area is 241 Å². The normalized spacial score (nSPS) is 17.9. The molecule has 0 saturated carbocycles. The van der Waals surface area contributed by atoms with Crippen LogP contribution in [0.4, 0.5) is 0 Å². The van der Waals surface area contributed by atoms with Crippen molar-refractivity contribution in [3.8, 4) is 23.0 Å². The van der Waals surface area contributed by atoms with Gasteiger partial charge < -0.3 is 33.1 Å². The maximum absolute atomic E-state index is 11.4. The van der Waals surface area contributed by atoms with E-state index in [2.05, 4.69) is 19.2 Å². The number of carbonyl (C=O) groups is 1. The molecule has 0 spiro atoms. The van der Waals surface area contributed by atoms with Gasteiger partial charge in [-0.15, -0.1) is 0 Å². The SMILES string of the molecule is COc1ccc(CC2c3cc(OC)c(OC)cc3CC[N+]2(C)CCC(=O)O)cc1OC.O=S(=O)([O-])c1ccccc1. The third-order valence-corrected chi connectivity index (χ3v) is 8.24. The fraction of sp³-hybridized carbons (Fsp3) is 0.367. The van der Waals surface area contributed by atoms with E-state index in [9.17, 15) is 22.9 Å². The van der Waals surface area contributed by atoms with Crippen LogP contribution >= 0.6 is 0 Å². The zero-order chi connectivity index (χ0) is 30.2. The quantitative estimate of drug-likeness (QED) is 0.275. The van der Waals surface area contributed by atoms with Gasteiger partial charge in [0.15, 0.2) is 23.0 Å². The minimum Gasteiger partial charge on any atom is -0.744 e. The van der Waals surface area contributed by atoms with Gasteiger partial charge in [0.1, 0.15) is 16.2 Å². The molecule has 2 atom stereocenters. The molecule has 3 aromatic carbocycles. The summed E-state index contributed by atoms with van der Waals surface area (Å²) in [6.07, 6.45) is 1.72. The van der Waals surface area contributed by atoms with Gasteiger partial charge in [0.05, 0.1) is 59.9 Å². The van der Waals surface area contributed by atoms with Crippen molar-refractivity contribution in [1.29, 1.82) is 0 Å². The molecule has 11 heteroatoms. The summed E-state index contributed by atoms with van der Waals surface area (Å²) >= 11 is 0. The zero-order valence-electron chi connectivity index (χ0n) is 24.0. The fourth-order valence-electron chi connectivity index (χ4n) is 5.10. The second kappa shape index (κ2) is 13.7. The highest BCUT2D eigenvalue weighted by Crippen LogP contribution is 2.43. The second-order valence-electron chi connectivity index (χ2n) is 9.90. The minimum atomic E-state index is -4.25. The molecule has 0 fully saturated rings. The molecule has 1 aliphatic rings. The molecule has 1 aliphatic heterocycles. The summed E-state index contributed by atoms with van der Waals surface area (Å²) in [6, 6.07) is 17.3. The highest BCUT2D eigenvalue weighted by Gasteiger charge is 2.40. The van der Waals surface area contributed by atoms with Crippen LogP contribution in [0.1, 0.15) is 29.2 Å². The molecule has 0 amide bonds. The van der Waals surface area contributed by atoms with Crippen LogP contribution < -0.4 is 18.9 Å². The molecule has 0 saturated heterocycles. The van der Waals surface area contributed by atoms with Crippen LogP contribution in [-0.2, 0) is 27.8 Å². The average Bonchev–Trinajstić information content (AvgIpc) is 2.97. The number of benzene rings is 3. The van der Waals surface area contributed by atoms with Crippen molar-refractivity contribution in [3.63, 3.8) is 0 Å². The van der Waals surface area contributed by atoms with Gasteiger partial charge in [-0.2, -0.15) is 0 Å². The Morgan fingerprint density at radius 1 is 0.902 bits per heavy atom. The zero-order valence-corrected chi connectivity index (χ0v) is 24.8. The number of fused-ring (bicyclic) bond motifs is 1. The van der Waals surface area contributed by atoms with Crippen molar-refractivity contribution >= 4 is 16.1 Å². The fourth-order valence-corrected chi connectivity index (χ4v) is 5.59. The Morgan fingerprint density at radius 2 is 1.49 bits per heavy atom. The average molecular weight is 588 g/mol. The Balaban J connectivity index is 0.000000389. The van der Waals surface area contributed by atoms with Crippen molar-refractivity contribution in [2.24, 2.45) is 0 Å². The lowest BCUT2D eigenvalue weighted by Gasteiger charge is -2.46. The summed E-state index contributed by atoms with van der Waals surface area (Å²) in [6.45, 7) is 1.41. The molecule has 4 rings (SSSR count). The lowest BCUT2D eigenvalue weighted by molar-refractivity contribution is -0.940. The lowest BCUT2D eigenvalue weighted by atomic mass is 9.86. The molecule has 2 unspecified atom stereocenters. The second-order valence-corrected chi connectivity index (χ2v) is 11.3. The van der Waals surface area contributed by atoms with Crippen molar-refractivity contribution in [1.82, 2.24) is 0 Å². The third-order valence-electron chi connectivity index (χ3n) is 7.39. The van der Waals surface area contributed by atoms with Crippen LogP contribution in [0.3, 0.4) is 0 Å². The van der Waals surface area contributed by atoms with E-state index < -0.39 is 16.1 Å². The largest absolute Gasteiger partial charge is 0.744 e. The lowest BCUT2D eigenvalue weighted by Crippen LogP contribution is -2.53. The number of nitrogens with zero attached hydrogens (tertiary/aromatic N) is 1. The number of rotatable bonds is 10. The van der Waals surface area contributed by atoms with Crippen molar-refractivity contribution < 1.29 is 46.3 Å². The summed E-state index contributed by atoms with van der Waals surface area (Å²) in [5, 5.41) is 9.33. The van der Waals surface area contributed by atoms with E-state index in [-0.39, 0.29) is 17.4 Å². The van der Waals surface area contributed by atoms with E-state index in [1.807, 2.05) is 18.2 Å². The van der Waals surface area contributed by atoms with Crippen molar-refractivity contribution in [3.05, 3.63) is 77.4 Å². The Hall–Kier alpha value is -3.80. The summed E-state index contributed by atoms with van der Waals surface area (Å²) in [5.41, 5.74) is 3.49. The van der Waals surface area contributed by atoms with Crippen LogP contribution in [0.25, 0.3) is 0 Å². The standard InChI is InChI=1S/C24H31NO6.C6H6O3S/c1-25(11-9-24(26)27)10-8-17-14-22(30-4)23(31-5)15-18(17)19(25)12-16-6-7-20(28-2)21(13-16)29-3;7-10(8,9)6-4-2-1-3-5-6/h6-7,13-15,19H,8-12H2,1-5H3;1-5H,(H,7,8,9). The van der Waals surface area contributed by atoms with Crippen molar-refractivity contribution in [2.75, 3.05) is 48.6 Å². The van der Waals surface area contributed by atoms with Gasteiger partial charge in [-0.1, -0.05) is 24.3 Å². The first-order valence-electron chi connectivity index (χ1n) is 13.0. The van der Waals surface area contributed by atoms with Gasteiger partial charge in [-0.05, 0) is 47.5 Å². The maximum atomic E-state index is 11.4. The van der Waals surface area contributed by atoms with Crippen molar-refractivity contribution in [2.45, 2.75) is 30.2 Å². The predicted molar refractivity (Wildman–Crippen MR) is 152 cm³/mol. The minimum absolute atomic E-state index is 0.0704. The molecule has 0 aromatic heterocycles. The van der Waals surface area contributed by atoms with Gasteiger partial charge in [0.2, 0.25) is 0 Å². The van der Waals surface area contributed by atoms with Gasteiger partial charge >= 0.3 is 5.97 Å². The molecule has 41 heavy (non-hydrogen) atoms. The molecule has 3 aromatic rings. The highest BCUT2D eigenvalue weighted by molar-refractivity contribution is 7.85. The number of ether oxygens (including phenoxy) is 4. The molecule has 0 radical (unpaired) electrons. The van der Waals surface area contributed by atoms with Crippen LogP contribution in [0.15, 0.2) is 65.6 Å². The molecule has 222 valence electrons. The van der Waals surface area contributed by atoms with E-state index in [0.717, 1.165) is 24.9 Å². The van der Waals surface area contributed by atoms with Crippen LogP contribution in [-0.4, -0.2) is 77.1 Å². The smallest absolute Gasteiger partial charge is 0.309 e. The maximum Gasteiger partial charge on any atom is 0.309 e. The van der Waals surface area contributed by atoms with Crippen LogP contribution in [0.5, 0.6) is 23.0 Å². The topological polar surface area (TPSA) is 131 Å². The molecule has 1 heterocycles. The number of methoxy groups -OCH3 is 4. The van der Waals surface area contributed by atoms with E-state index in [1.54, 1.807) is 34.5 Å². The molecule has 1 N–H and O–H groups in total. The van der Waals surface area contributed by atoms with E-state index in [0.29, 0.717) is 34.0 Å². The first-order chi connectivity index (χ1) is 19.4. The van der Waals surface area contributed by atoms with Gasteiger partial charge in [0.25, 0.3) is 0 Å². The Morgan fingerprint density at radius 3 is 2.02 bits per heavy atom. The molecular weight excluding hydrogens is 550 g/mol. The number of hydrogen-bond donors (Lipinski definition) is 1.